The quantitative estimate of drug-likeness (QED) is 0.183. The second-order valence-electron chi connectivity index (χ2n) is 13.7. The largest absolute Gasteiger partial charge is 0.331 e. The first-order chi connectivity index (χ1) is 25.3. The van der Waals surface area contributed by atoms with Gasteiger partial charge < -0.3 is 9.80 Å². The lowest BCUT2D eigenvalue weighted by molar-refractivity contribution is 0.659. The average molecular weight is 673 g/mol. The van der Waals surface area contributed by atoms with E-state index in [9.17, 15) is 0 Å². The fourth-order valence-electron chi connectivity index (χ4n) is 9.49. The Morgan fingerprint density at radius 1 is 0.529 bits per heavy atom. The van der Waals surface area contributed by atoms with Crippen molar-refractivity contribution in [3.05, 3.63) is 210 Å². The number of anilines is 5. The topological polar surface area (TPSA) is 23.6 Å². The zero-order chi connectivity index (χ0) is 33.7. The molecule has 2 aliphatic heterocycles. The number of fused-ring (bicyclic) bond motifs is 12. The Hall–Kier alpha value is -5.97. The van der Waals surface area contributed by atoms with Gasteiger partial charge in [-0.3, -0.25) is 4.21 Å². The molecule has 3 nitrogen and oxygen atoms in total. The summed E-state index contributed by atoms with van der Waals surface area (Å²) in [5.74, 6) is 0. The van der Waals surface area contributed by atoms with Gasteiger partial charge in [0.25, 0.3) is 0 Å². The van der Waals surface area contributed by atoms with Crippen LogP contribution in [0.15, 0.2) is 192 Å². The van der Waals surface area contributed by atoms with E-state index >= 15 is 4.21 Å². The molecule has 1 spiro atoms. The number of hydrogen-bond acceptors (Lipinski definition) is 3. The molecule has 0 fully saturated rings. The predicted molar refractivity (Wildman–Crippen MR) is 210 cm³/mol. The molecular formula is C47H32N2OS. The Bertz CT molecular complexity index is 2610. The molecule has 7 aromatic rings. The van der Waals surface area contributed by atoms with Crippen LogP contribution in [0.3, 0.4) is 0 Å². The van der Waals surface area contributed by atoms with E-state index in [2.05, 4.69) is 186 Å². The summed E-state index contributed by atoms with van der Waals surface area (Å²) in [4.78, 5) is 5.74. The van der Waals surface area contributed by atoms with Crippen LogP contribution >= 0.6 is 0 Å². The van der Waals surface area contributed by atoms with Crippen molar-refractivity contribution in [2.75, 3.05) is 9.80 Å². The van der Waals surface area contributed by atoms with Crippen molar-refractivity contribution in [3.8, 4) is 0 Å². The molecule has 0 bridgehead atoms. The van der Waals surface area contributed by atoms with E-state index in [1.807, 2.05) is 6.07 Å². The Morgan fingerprint density at radius 3 is 1.90 bits per heavy atom. The molecule has 7 aromatic carbocycles. The molecule has 0 saturated heterocycles. The average Bonchev–Trinajstić information content (AvgIpc) is 3.49. The normalized spacial score (nSPS) is 20.4. The number of rotatable bonds is 2. The van der Waals surface area contributed by atoms with Crippen LogP contribution in [-0.2, 0) is 16.2 Å². The second-order valence-corrected chi connectivity index (χ2v) is 15.3. The van der Waals surface area contributed by atoms with Gasteiger partial charge in [-0.15, -0.1) is 0 Å². The van der Waals surface area contributed by atoms with Crippen molar-refractivity contribution >= 4 is 55.6 Å². The molecular weight excluding hydrogens is 641 g/mol. The summed E-state index contributed by atoms with van der Waals surface area (Å²) in [7, 11) is -1.31. The van der Waals surface area contributed by atoms with E-state index < -0.39 is 16.2 Å². The fraction of sp³-hybridized carbons (Fsp3) is 0.0638. The summed E-state index contributed by atoms with van der Waals surface area (Å²) in [5, 5.41) is 2.10. The lowest BCUT2D eigenvalue weighted by atomic mass is 9.63. The van der Waals surface area contributed by atoms with Gasteiger partial charge in [0.2, 0.25) is 0 Å². The van der Waals surface area contributed by atoms with Crippen molar-refractivity contribution in [3.63, 3.8) is 0 Å². The summed E-state index contributed by atoms with van der Waals surface area (Å²) in [6.07, 6.45) is 4.73. The maximum atomic E-state index is 15.3. The van der Waals surface area contributed by atoms with Crippen molar-refractivity contribution < 1.29 is 4.21 Å². The van der Waals surface area contributed by atoms with Gasteiger partial charge in [-0.2, -0.15) is 0 Å². The molecule has 51 heavy (non-hydrogen) atoms. The molecule has 0 N–H and O–H groups in total. The summed E-state index contributed by atoms with van der Waals surface area (Å²) < 4.78 is 15.3. The fourth-order valence-corrected chi connectivity index (χ4v) is 11.3. The van der Waals surface area contributed by atoms with Crippen LogP contribution in [0, 0.1) is 0 Å². The molecule has 11 rings (SSSR count). The molecule has 2 aliphatic carbocycles. The third-order valence-electron chi connectivity index (χ3n) is 11.4. The number of hydrogen-bond donors (Lipinski definition) is 0. The SMILES string of the molecule is O=S1c2ccccc2N(c2cccc3ccccc23)C2C=CC3=C(c4ccccc4C34c3ccccc3N(c3ccccc3)c3ccccc34)C21. The molecule has 0 saturated carbocycles. The Morgan fingerprint density at radius 2 is 1.12 bits per heavy atom. The molecule has 4 aliphatic rings. The van der Waals surface area contributed by atoms with Gasteiger partial charge in [0.1, 0.15) is 0 Å². The smallest absolute Gasteiger partial charge is 0.0896 e. The van der Waals surface area contributed by atoms with E-state index in [1.54, 1.807) is 0 Å². The Balaban J connectivity index is 1.21. The van der Waals surface area contributed by atoms with Crippen molar-refractivity contribution in [1.29, 1.82) is 0 Å². The minimum absolute atomic E-state index is 0.150. The molecule has 0 aromatic heterocycles. The highest BCUT2D eigenvalue weighted by Crippen LogP contribution is 2.65. The molecule has 0 radical (unpaired) electrons. The zero-order valence-electron chi connectivity index (χ0n) is 27.7. The van der Waals surface area contributed by atoms with Crippen LogP contribution < -0.4 is 9.80 Å². The maximum absolute atomic E-state index is 15.3. The summed E-state index contributed by atoms with van der Waals surface area (Å²) >= 11 is 0. The summed E-state index contributed by atoms with van der Waals surface area (Å²) in [6, 6.07) is 60.6. The first kappa shape index (κ1) is 28.8. The summed E-state index contributed by atoms with van der Waals surface area (Å²) in [6.45, 7) is 0. The monoisotopic (exact) mass is 672 g/mol. The van der Waals surface area contributed by atoms with Gasteiger partial charge in [0.15, 0.2) is 0 Å². The number of benzene rings is 7. The zero-order valence-corrected chi connectivity index (χ0v) is 28.5. The van der Waals surface area contributed by atoms with Crippen LogP contribution in [0.2, 0.25) is 0 Å². The Labute approximate surface area is 299 Å². The van der Waals surface area contributed by atoms with Gasteiger partial charge in [-0.25, -0.2) is 0 Å². The van der Waals surface area contributed by atoms with Gasteiger partial charge in [0, 0.05) is 16.8 Å². The third-order valence-corrected chi connectivity index (χ3v) is 13.1. The van der Waals surface area contributed by atoms with E-state index in [4.69, 9.17) is 0 Å². The maximum Gasteiger partial charge on any atom is 0.0896 e. The van der Waals surface area contributed by atoms with E-state index in [-0.39, 0.29) is 11.3 Å². The Kier molecular flexibility index (Phi) is 6.08. The van der Waals surface area contributed by atoms with Crippen molar-refractivity contribution in [2.45, 2.75) is 21.6 Å². The minimum atomic E-state index is -1.31. The standard InChI is InChI=1S/C47H32N2OS/c50-51-44-28-13-12-26-42(44)49(39-27-14-16-31-15-4-5-19-33(31)39)43-30-29-38-45(46(43)51)34-20-6-7-21-35(34)47(38)36-22-8-10-24-40(36)48(32-17-2-1-3-18-32)41-25-11-9-23-37(41)47/h1-30,43,46H. The third kappa shape index (κ3) is 3.75. The van der Waals surface area contributed by atoms with Crippen LogP contribution in [0.1, 0.15) is 22.3 Å². The van der Waals surface area contributed by atoms with E-state index in [1.165, 1.54) is 44.2 Å². The first-order valence-corrected chi connectivity index (χ1v) is 18.8. The highest BCUT2D eigenvalue weighted by atomic mass is 32.2. The molecule has 2 heterocycles. The van der Waals surface area contributed by atoms with Gasteiger partial charge in [-0.05, 0) is 81.3 Å². The molecule has 3 atom stereocenters. The van der Waals surface area contributed by atoms with Gasteiger partial charge >= 0.3 is 0 Å². The van der Waals surface area contributed by atoms with E-state index in [0.29, 0.717) is 0 Å². The van der Waals surface area contributed by atoms with Crippen LogP contribution in [0.4, 0.5) is 28.4 Å². The second kappa shape index (κ2) is 10.8. The van der Waals surface area contributed by atoms with Crippen molar-refractivity contribution in [2.24, 2.45) is 0 Å². The lowest BCUT2D eigenvalue weighted by Crippen LogP contribution is -2.48. The minimum Gasteiger partial charge on any atom is -0.331 e. The molecule has 0 amide bonds. The van der Waals surface area contributed by atoms with Gasteiger partial charge in [-0.1, -0.05) is 140 Å². The predicted octanol–water partition coefficient (Wildman–Crippen LogP) is 11.0. The van der Waals surface area contributed by atoms with E-state index in [0.717, 1.165) is 33.3 Å². The first-order valence-electron chi connectivity index (χ1n) is 17.6. The highest BCUT2D eigenvalue weighted by molar-refractivity contribution is 7.86. The summed E-state index contributed by atoms with van der Waals surface area (Å²) in [5.41, 5.74) is 12.3. The molecule has 4 heteroatoms. The molecule has 3 unspecified atom stereocenters. The van der Waals surface area contributed by atoms with Crippen LogP contribution in [0.5, 0.6) is 0 Å². The number of allylic oxidation sites excluding steroid dienone is 2. The number of nitrogens with zero attached hydrogens (tertiary/aromatic N) is 2. The highest BCUT2D eigenvalue weighted by Gasteiger charge is 2.56. The van der Waals surface area contributed by atoms with Crippen LogP contribution in [-0.4, -0.2) is 15.5 Å². The van der Waals surface area contributed by atoms with Crippen LogP contribution in [0.25, 0.3) is 16.3 Å². The lowest BCUT2D eigenvalue weighted by Gasteiger charge is -2.47. The van der Waals surface area contributed by atoms with Crippen molar-refractivity contribution in [1.82, 2.24) is 0 Å². The number of para-hydroxylation sites is 4. The van der Waals surface area contributed by atoms with Gasteiger partial charge in [0.05, 0.1) is 49.5 Å². The molecule has 242 valence electrons.